The highest BCUT2D eigenvalue weighted by molar-refractivity contribution is 7.92. The molecule has 3 aromatic rings. The number of methoxy groups -OCH3 is 1. The number of likely N-dealkylation sites (tertiary alicyclic amines) is 1. The van der Waals surface area contributed by atoms with Crippen LogP contribution in [0.4, 0.5) is 4.39 Å². The molecule has 1 aliphatic carbocycles. The number of hydrogen-bond donors (Lipinski definition) is 1. The molecular weight excluding hydrogens is 704 g/mol. The van der Waals surface area contributed by atoms with Crippen molar-refractivity contribution in [1.82, 2.24) is 4.90 Å². The quantitative estimate of drug-likeness (QED) is 0.199. The Kier molecular flexibility index (Phi) is 10.8. The lowest BCUT2D eigenvalue weighted by atomic mass is 9.66. The van der Waals surface area contributed by atoms with Crippen LogP contribution in [0, 0.1) is 17.2 Å². The van der Waals surface area contributed by atoms with E-state index in [1.165, 1.54) is 31.4 Å². The van der Waals surface area contributed by atoms with E-state index >= 15 is 9.18 Å². The van der Waals surface area contributed by atoms with Crippen molar-refractivity contribution in [2.24, 2.45) is 11.3 Å². The molecule has 1 amide bonds. The van der Waals surface area contributed by atoms with Crippen molar-refractivity contribution in [2.75, 3.05) is 12.9 Å². The molecule has 0 bridgehead atoms. The normalized spacial score (nSPS) is 21.9. The average Bonchev–Trinajstić information content (AvgIpc) is 3.87. The van der Waals surface area contributed by atoms with Gasteiger partial charge in [0.1, 0.15) is 22.9 Å². The largest absolute Gasteiger partial charge is 0.496 e. The van der Waals surface area contributed by atoms with Gasteiger partial charge in [-0.2, -0.15) is 0 Å². The highest BCUT2D eigenvalue weighted by Gasteiger charge is 2.55. The lowest BCUT2D eigenvalue weighted by Crippen LogP contribution is -2.58. The molecule has 1 heterocycles. The first-order chi connectivity index (χ1) is 23.3. The molecule has 0 unspecified atom stereocenters. The molecule has 268 valence electrons. The average molecular weight is 747 g/mol. The summed E-state index contributed by atoms with van der Waals surface area (Å²) in [7, 11) is -2.39. The summed E-state index contributed by atoms with van der Waals surface area (Å²) < 4.78 is 46.9. The fourth-order valence-electron chi connectivity index (χ4n) is 7.09. The smallest absolute Gasteiger partial charge is 0.339 e. The van der Waals surface area contributed by atoms with Gasteiger partial charge in [0.2, 0.25) is 5.91 Å². The molecule has 50 heavy (non-hydrogen) atoms. The monoisotopic (exact) mass is 745 g/mol. The van der Waals surface area contributed by atoms with Crippen LogP contribution in [0.3, 0.4) is 0 Å². The van der Waals surface area contributed by atoms with E-state index in [0.717, 1.165) is 18.4 Å². The van der Waals surface area contributed by atoms with Crippen LogP contribution in [0.15, 0.2) is 60.7 Å². The Morgan fingerprint density at radius 1 is 1.06 bits per heavy atom. The third kappa shape index (κ3) is 7.87. The van der Waals surface area contributed by atoms with Gasteiger partial charge in [-0.25, -0.2) is 17.6 Å². The summed E-state index contributed by atoms with van der Waals surface area (Å²) in [6.45, 7) is 6.62. The third-order valence-corrected chi connectivity index (χ3v) is 13.2. The van der Waals surface area contributed by atoms with Gasteiger partial charge in [-0.3, -0.25) is 9.59 Å². The van der Waals surface area contributed by atoms with Crippen LogP contribution >= 0.6 is 23.2 Å². The van der Waals surface area contributed by atoms with Crippen LogP contribution in [0.1, 0.15) is 92.4 Å². The van der Waals surface area contributed by atoms with E-state index in [4.69, 9.17) is 27.9 Å². The number of Topliss-reactive ketones (excluding diaryl/α,β-unsaturated/α-hetero) is 1. The fourth-order valence-corrected chi connectivity index (χ4v) is 8.79. The van der Waals surface area contributed by atoms with E-state index in [2.05, 4.69) is 0 Å². The second-order valence-corrected chi connectivity index (χ2v) is 18.4. The number of carboxylic acids is 1. The molecule has 2 aliphatic rings. The number of hydrogen-bond acceptors (Lipinski definition) is 6. The Morgan fingerprint density at radius 2 is 1.76 bits per heavy atom. The number of benzene rings is 3. The van der Waals surface area contributed by atoms with Crippen molar-refractivity contribution >= 4 is 50.7 Å². The Hall–Kier alpha value is -3.47. The number of nitrogens with zero attached hydrogens (tertiary/aromatic N) is 1. The zero-order valence-corrected chi connectivity index (χ0v) is 31.0. The zero-order chi connectivity index (χ0) is 36.8. The van der Waals surface area contributed by atoms with Crippen molar-refractivity contribution < 1.29 is 37.0 Å². The van der Waals surface area contributed by atoms with Gasteiger partial charge in [-0.15, -0.1) is 0 Å². The first-order valence-electron chi connectivity index (χ1n) is 16.5. The molecule has 1 N–H and O–H groups in total. The van der Waals surface area contributed by atoms with Gasteiger partial charge in [0.25, 0.3) is 0 Å². The molecule has 1 saturated carbocycles. The number of piperidine rings is 1. The van der Waals surface area contributed by atoms with Crippen LogP contribution in [-0.2, 0) is 25.8 Å². The van der Waals surface area contributed by atoms with Crippen molar-refractivity contribution in [1.29, 1.82) is 0 Å². The number of carbonyl (C=O) groups is 3. The van der Waals surface area contributed by atoms with E-state index in [1.807, 2.05) is 6.07 Å². The highest BCUT2D eigenvalue weighted by Crippen LogP contribution is 2.54. The molecule has 0 radical (unpaired) electrons. The minimum Gasteiger partial charge on any atom is -0.496 e. The SMILES string of the molecule is COc1cc(CC(=O)C[C@@]2(C)C[C@H](c3cccc(Cl)c3)[C@@H](c3ccc(Cl)c(F)c3)N([C@H](CS(=O)(=O)C(C)(C)C)C3CC3)C2=O)ccc1C(=O)O. The molecule has 2 fully saturated rings. The number of ketones is 1. The Balaban J connectivity index is 1.63. The maximum Gasteiger partial charge on any atom is 0.339 e. The summed E-state index contributed by atoms with van der Waals surface area (Å²) >= 11 is 12.6. The zero-order valence-electron chi connectivity index (χ0n) is 28.7. The van der Waals surface area contributed by atoms with Crippen LogP contribution in [0.25, 0.3) is 0 Å². The Morgan fingerprint density at radius 3 is 2.34 bits per heavy atom. The minimum atomic E-state index is -3.73. The van der Waals surface area contributed by atoms with Gasteiger partial charge in [-0.1, -0.05) is 54.4 Å². The van der Waals surface area contributed by atoms with Gasteiger partial charge in [0, 0.05) is 29.8 Å². The minimum absolute atomic E-state index is 0.0425. The van der Waals surface area contributed by atoms with E-state index in [0.29, 0.717) is 16.1 Å². The van der Waals surface area contributed by atoms with E-state index in [-0.39, 0.29) is 59.0 Å². The molecule has 0 spiro atoms. The first kappa shape index (κ1) is 37.8. The number of sulfone groups is 1. The van der Waals surface area contributed by atoms with E-state index in [1.54, 1.807) is 62.9 Å². The Bertz CT molecular complexity index is 1920. The molecule has 0 aromatic heterocycles. The summed E-state index contributed by atoms with van der Waals surface area (Å²) in [5.41, 5.74) is 0.418. The number of carboxylic acid groups (broad SMARTS) is 1. The van der Waals surface area contributed by atoms with Crippen molar-refractivity contribution in [2.45, 2.75) is 82.5 Å². The van der Waals surface area contributed by atoms with Gasteiger partial charge in [-0.05, 0) is 99.0 Å². The summed E-state index contributed by atoms with van der Waals surface area (Å²) in [6, 6.07) is 14.5. The van der Waals surface area contributed by atoms with E-state index < -0.39 is 49.8 Å². The lowest BCUT2D eigenvalue weighted by molar-refractivity contribution is -0.157. The number of aromatic carboxylic acids is 1. The number of amides is 1. The Labute approximate surface area is 302 Å². The summed E-state index contributed by atoms with van der Waals surface area (Å²) in [6.07, 6.45) is 1.38. The maximum absolute atomic E-state index is 15.2. The van der Waals surface area contributed by atoms with Crippen molar-refractivity contribution in [3.8, 4) is 5.75 Å². The molecule has 1 aliphatic heterocycles. The molecular formula is C38H42Cl2FNO7S. The predicted molar refractivity (Wildman–Crippen MR) is 191 cm³/mol. The number of halogens is 3. The van der Waals surface area contributed by atoms with Crippen LogP contribution in [0.2, 0.25) is 10.0 Å². The number of carbonyl (C=O) groups excluding carboxylic acids is 2. The van der Waals surface area contributed by atoms with Crippen LogP contribution < -0.4 is 4.74 Å². The maximum atomic E-state index is 15.2. The standard InChI is InChI=1S/C38H42Cl2FNO7S/c1-37(2,3)50(47,48)21-32(23-10-11-23)42-34(25-12-14-30(40)31(41)18-25)29(24-7-6-8-26(39)17-24)20-38(4,36(42)46)19-27(43)15-22-9-13-28(35(44)45)33(16-22)49-5/h6-9,12-14,16-18,23,29,32,34H,10-11,15,19-21H2,1-5H3,(H,44,45)/t29-,32-,34-,38+/m1/s1. The highest BCUT2D eigenvalue weighted by atomic mass is 35.5. The third-order valence-electron chi connectivity index (χ3n) is 10.00. The molecule has 3 aromatic carbocycles. The second-order valence-electron chi connectivity index (χ2n) is 14.8. The fraction of sp³-hybridized carbons (Fsp3) is 0.447. The second kappa shape index (κ2) is 14.3. The topological polar surface area (TPSA) is 118 Å². The molecule has 8 nitrogen and oxygen atoms in total. The summed E-state index contributed by atoms with van der Waals surface area (Å²) in [5.74, 6) is -3.27. The van der Waals surface area contributed by atoms with Crippen LogP contribution in [0.5, 0.6) is 5.75 Å². The summed E-state index contributed by atoms with van der Waals surface area (Å²) in [4.78, 5) is 42.2. The first-order valence-corrected chi connectivity index (χ1v) is 18.9. The van der Waals surface area contributed by atoms with Gasteiger partial charge < -0.3 is 14.7 Å². The van der Waals surface area contributed by atoms with Crippen LogP contribution in [-0.4, -0.2) is 59.7 Å². The molecule has 4 atom stereocenters. The molecule has 1 saturated heterocycles. The van der Waals surface area contributed by atoms with E-state index in [9.17, 15) is 23.1 Å². The van der Waals surface area contributed by atoms with Gasteiger partial charge in [0.05, 0.1) is 34.1 Å². The van der Waals surface area contributed by atoms with Crippen molar-refractivity contribution in [3.05, 3.63) is 98.8 Å². The molecule has 5 rings (SSSR count). The molecule has 12 heteroatoms. The van der Waals surface area contributed by atoms with Crippen molar-refractivity contribution in [3.63, 3.8) is 0 Å². The van der Waals surface area contributed by atoms with Gasteiger partial charge in [0.15, 0.2) is 9.84 Å². The predicted octanol–water partition coefficient (Wildman–Crippen LogP) is 8.10. The lowest BCUT2D eigenvalue weighted by Gasteiger charge is -2.52. The number of rotatable bonds is 12. The summed E-state index contributed by atoms with van der Waals surface area (Å²) in [5, 5.41) is 9.86. The number of ether oxygens (including phenoxy) is 1. The van der Waals surface area contributed by atoms with Gasteiger partial charge >= 0.3 is 5.97 Å².